The number of carbonyl (C=O) groups is 2. The molecule has 122 valence electrons. The number of aromatic nitrogens is 2. The lowest BCUT2D eigenvalue weighted by Gasteiger charge is -2.07. The first-order valence-electron chi connectivity index (χ1n) is 7.74. The predicted molar refractivity (Wildman–Crippen MR) is 91.6 cm³/mol. The van der Waals surface area contributed by atoms with E-state index in [0.29, 0.717) is 25.1 Å². The minimum absolute atomic E-state index is 0.0737. The van der Waals surface area contributed by atoms with Gasteiger partial charge in [-0.2, -0.15) is 0 Å². The number of rotatable bonds is 6. The number of carbonyl (C=O) groups excluding carboxylic acids is 2. The number of hydrogen-bond acceptors (Lipinski definition) is 3. The summed E-state index contributed by atoms with van der Waals surface area (Å²) in [6.07, 6.45) is 5.28. The van der Waals surface area contributed by atoms with Crippen LogP contribution in [0.5, 0.6) is 0 Å². The number of aromatic amines is 1. The topological polar surface area (TPSA) is 86.9 Å². The second-order valence-electron chi connectivity index (χ2n) is 5.38. The standard InChI is InChI=1S/C18H18N4O2/c23-17(10-14-12-22-16-6-2-1-5-15(14)16)20-8-9-21-18(24)13-4-3-7-19-11-13/h1-7,11-12,22H,8-10H2,(H,20,23)(H,21,24). The first-order valence-corrected chi connectivity index (χ1v) is 7.74. The molecule has 2 heterocycles. The van der Waals surface area contributed by atoms with Gasteiger partial charge in [-0.25, -0.2) is 0 Å². The fourth-order valence-corrected chi connectivity index (χ4v) is 2.49. The molecule has 2 aromatic heterocycles. The summed E-state index contributed by atoms with van der Waals surface area (Å²) in [5.41, 5.74) is 2.48. The van der Waals surface area contributed by atoms with Crippen molar-refractivity contribution in [3.05, 3.63) is 66.1 Å². The van der Waals surface area contributed by atoms with E-state index in [0.717, 1.165) is 16.5 Å². The van der Waals surface area contributed by atoms with Crippen molar-refractivity contribution in [1.82, 2.24) is 20.6 Å². The zero-order valence-corrected chi connectivity index (χ0v) is 13.1. The average molecular weight is 322 g/mol. The number of nitrogens with one attached hydrogen (secondary N) is 3. The Labute approximate surface area is 139 Å². The third-order valence-corrected chi connectivity index (χ3v) is 3.68. The zero-order valence-electron chi connectivity index (χ0n) is 13.1. The molecule has 2 amide bonds. The summed E-state index contributed by atoms with van der Waals surface area (Å²) >= 11 is 0. The van der Waals surface area contributed by atoms with Crippen LogP contribution < -0.4 is 10.6 Å². The van der Waals surface area contributed by atoms with Crippen LogP contribution in [0.1, 0.15) is 15.9 Å². The van der Waals surface area contributed by atoms with Gasteiger partial charge in [0, 0.05) is 42.6 Å². The lowest BCUT2D eigenvalue weighted by molar-refractivity contribution is -0.120. The lowest BCUT2D eigenvalue weighted by atomic mass is 10.1. The molecule has 0 bridgehead atoms. The van der Waals surface area contributed by atoms with Crippen LogP contribution in [0.3, 0.4) is 0 Å². The molecule has 3 rings (SSSR count). The van der Waals surface area contributed by atoms with Gasteiger partial charge in [0.1, 0.15) is 0 Å². The van der Waals surface area contributed by atoms with Crippen molar-refractivity contribution in [3.8, 4) is 0 Å². The van der Waals surface area contributed by atoms with Gasteiger partial charge in [0.2, 0.25) is 5.91 Å². The second-order valence-corrected chi connectivity index (χ2v) is 5.38. The van der Waals surface area contributed by atoms with E-state index < -0.39 is 0 Å². The Morgan fingerprint density at radius 3 is 2.71 bits per heavy atom. The number of amides is 2. The maximum atomic E-state index is 12.0. The highest BCUT2D eigenvalue weighted by molar-refractivity contribution is 5.93. The summed E-state index contributed by atoms with van der Waals surface area (Å²) in [4.78, 5) is 30.9. The van der Waals surface area contributed by atoms with Crippen molar-refractivity contribution in [2.24, 2.45) is 0 Å². The summed E-state index contributed by atoms with van der Waals surface area (Å²) in [6.45, 7) is 0.751. The maximum Gasteiger partial charge on any atom is 0.252 e. The minimum Gasteiger partial charge on any atom is -0.361 e. The van der Waals surface area contributed by atoms with Crippen LogP contribution in [0.4, 0.5) is 0 Å². The highest BCUT2D eigenvalue weighted by Gasteiger charge is 2.08. The van der Waals surface area contributed by atoms with Gasteiger partial charge in [0.15, 0.2) is 0 Å². The van der Waals surface area contributed by atoms with Gasteiger partial charge >= 0.3 is 0 Å². The lowest BCUT2D eigenvalue weighted by Crippen LogP contribution is -2.35. The van der Waals surface area contributed by atoms with Crippen molar-refractivity contribution >= 4 is 22.7 Å². The SMILES string of the molecule is O=C(Cc1c[nH]c2ccccc12)NCCNC(=O)c1cccnc1. The van der Waals surface area contributed by atoms with E-state index in [1.165, 1.54) is 6.20 Å². The number of hydrogen-bond donors (Lipinski definition) is 3. The molecular formula is C18H18N4O2. The Hall–Kier alpha value is -3.15. The van der Waals surface area contributed by atoms with Crippen LogP contribution in [0.25, 0.3) is 10.9 Å². The summed E-state index contributed by atoms with van der Waals surface area (Å²) in [5, 5.41) is 6.61. The number of benzene rings is 1. The van der Waals surface area contributed by atoms with Crippen molar-refractivity contribution in [3.63, 3.8) is 0 Å². The van der Waals surface area contributed by atoms with Crippen LogP contribution in [0, 0.1) is 0 Å². The Balaban J connectivity index is 1.44. The molecule has 0 fully saturated rings. The Bertz CT molecular complexity index is 842. The van der Waals surface area contributed by atoms with Crippen LogP contribution >= 0.6 is 0 Å². The monoisotopic (exact) mass is 322 g/mol. The van der Waals surface area contributed by atoms with E-state index in [1.807, 2.05) is 30.5 Å². The van der Waals surface area contributed by atoms with Crippen LogP contribution in [-0.4, -0.2) is 34.9 Å². The molecular weight excluding hydrogens is 304 g/mol. The molecule has 3 aromatic rings. The van der Waals surface area contributed by atoms with E-state index in [2.05, 4.69) is 20.6 Å². The van der Waals surface area contributed by atoms with Gasteiger partial charge in [-0.05, 0) is 23.8 Å². The highest BCUT2D eigenvalue weighted by atomic mass is 16.2. The zero-order chi connectivity index (χ0) is 16.8. The Morgan fingerprint density at radius 1 is 1.04 bits per heavy atom. The van der Waals surface area contributed by atoms with Crippen LogP contribution in [0.2, 0.25) is 0 Å². The number of para-hydroxylation sites is 1. The fraction of sp³-hybridized carbons (Fsp3) is 0.167. The van der Waals surface area contributed by atoms with E-state index >= 15 is 0 Å². The summed E-state index contributed by atoms with van der Waals surface area (Å²) in [7, 11) is 0. The molecule has 0 saturated heterocycles. The molecule has 0 spiro atoms. The van der Waals surface area contributed by atoms with E-state index in [4.69, 9.17) is 0 Å². The third kappa shape index (κ3) is 3.78. The van der Waals surface area contributed by atoms with Gasteiger partial charge < -0.3 is 15.6 Å². The Kier molecular flexibility index (Phi) is 4.86. The molecule has 0 aliphatic heterocycles. The minimum atomic E-state index is -0.200. The van der Waals surface area contributed by atoms with E-state index in [9.17, 15) is 9.59 Å². The van der Waals surface area contributed by atoms with E-state index in [-0.39, 0.29) is 11.8 Å². The number of H-pyrrole nitrogens is 1. The first kappa shape index (κ1) is 15.7. The van der Waals surface area contributed by atoms with E-state index in [1.54, 1.807) is 18.3 Å². The number of nitrogens with zero attached hydrogens (tertiary/aromatic N) is 1. The number of fused-ring (bicyclic) bond motifs is 1. The smallest absolute Gasteiger partial charge is 0.252 e. The average Bonchev–Trinajstić information content (AvgIpc) is 3.02. The second kappa shape index (κ2) is 7.41. The highest BCUT2D eigenvalue weighted by Crippen LogP contribution is 2.17. The quantitative estimate of drug-likeness (QED) is 0.603. The number of pyridine rings is 1. The van der Waals surface area contributed by atoms with Crippen molar-refractivity contribution in [1.29, 1.82) is 0 Å². The predicted octanol–water partition coefficient (Wildman–Crippen LogP) is 1.65. The molecule has 0 radical (unpaired) electrons. The molecule has 0 aliphatic carbocycles. The summed E-state index contributed by atoms with van der Waals surface area (Å²) in [6, 6.07) is 11.3. The first-order chi connectivity index (χ1) is 11.7. The molecule has 6 heteroatoms. The molecule has 1 aromatic carbocycles. The molecule has 0 saturated carbocycles. The van der Waals surface area contributed by atoms with Gasteiger partial charge in [-0.1, -0.05) is 18.2 Å². The molecule has 24 heavy (non-hydrogen) atoms. The van der Waals surface area contributed by atoms with Crippen molar-refractivity contribution in [2.45, 2.75) is 6.42 Å². The normalized spacial score (nSPS) is 10.5. The molecule has 6 nitrogen and oxygen atoms in total. The third-order valence-electron chi connectivity index (χ3n) is 3.68. The Morgan fingerprint density at radius 2 is 1.88 bits per heavy atom. The van der Waals surface area contributed by atoms with Gasteiger partial charge in [0.05, 0.1) is 12.0 Å². The molecule has 0 atom stereocenters. The fourth-order valence-electron chi connectivity index (χ4n) is 2.49. The van der Waals surface area contributed by atoms with Crippen molar-refractivity contribution < 1.29 is 9.59 Å². The van der Waals surface area contributed by atoms with Crippen LogP contribution in [0.15, 0.2) is 55.0 Å². The molecule has 3 N–H and O–H groups in total. The van der Waals surface area contributed by atoms with Gasteiger partial charge in [-0.3, -0.25) is 14.6 Å². The summed E-state index contributed by atoms with van der Waals surface area (Å²) < 4.78 is 0. The van der Waals surface area contributed by atoms with Gasteiger partial charge in [-0.15, -0.1) is 0 Å². The van der Waals surface area contributed by atoms with Crippen molar-refractivity contribution in [2.75, 3.05) is 13.1 Å². The maximum absolute atomic E-state index is 12.0. The summed E-state index contributed by atoms with van der Waals surface area (Å²) in [5.74, 6) is -0.274. The van der Waals surface area contributed by atoms with Crippen LogP contribution in [-0.2, 0) is 11.2 Å². The largest absolute Gasteiger partial charge is 0.361 e. The molecule has 0 unspecified atom stereocenters. The molecule has 0 aliphatic rings. The van der Waals surface area contributed by atoms with Gasteiger partial charge in [0.25, 0.3) is 5.91 Å².